The quantitative estimate of drug-likeness (QED) is 0.627. The van der Waals surface area contributed by atoms with Crippen molar-refractivity contribution in [3.8, 4) is 0 Å². The van der Waals surface area contributed by atoms with Crippen LogP contribution in [0.25, 0.3) is 0 Å². The van der Waals surface area contributed by atoms with E-state index in [0.29, 0.717) is 0 Å². The Bertz CT molecular complexity index is 127. The molecular formula is C6H18O6P-. The van der Waals surface area contributed by atoms with Crippen LogP contribution in [0.2, 0.25) is 0 Å². The molecule has 0 N–H and O–H groups in total. The van der Waals surface area contributed by atoms with E-state index in [1.807, 2.05) is 0 Å². The monoisotopic (exact) mass is 217 g/mol. The minimum absolute atomic E-state index is 1.32. The van der Waals surface area contributed by atoms with Gasteiger partial charge in [0, 0.05) is 0 Å². The topological polar surface area (TPSA) is 55.4 Å². The Morgan fingerprint density at radius 1 is 0.462 bits per heavy atom. The van der Waals surface area contributed by atoms with Crippen LogP contribution in [0.4, 0.5) is 0 Å². The zero-order chi connectivity index (χ0) is 10.7. The first-order valence-corrected chi connectivity index (χ1v) is 5.74. The number of hydrogen-bond donors (Lipinski definition) is 0. The first kappa shape index (κ1) is 13.2. The van der Waals surface area contributed by atoms with Crippen LogP contribution < -0.4 is 0 Å². The van der Waals surface area contributed by atoms with E-state index in [9.17, 15) is 0 Å². The summed E-state index contributed by atoms with van der Waals surface area (Å²) in [4.78, 5) is 0. The molecule has 0 aliphatic heterocycles. The van der Waals surface area contributed by atoms with E-state index in [-0.39, 0.29) is 0 Å². The van der Waals surface area contributed by atoms with Crippen LogP contribution in [-0.4, -0.2) is 42.7 Å². The molecule has 0 aliphatic rings. The van der Waals surface area contributed by atoms with Crippen molar-refractivity contribution in [2.75, 3.05) is 42.7 Å². The Hall–Kier alpha value is 0.190. The molecule has 0 saturated heterocycles. The van der Waals surface area contributed by atoms with E-state index in [4.69, 9.17) is 27.1 Å². The number of rotatable bonds is 6. The van der Waals surface area contributed by atoms with Crippen molar-refractivity contribution in [3.05, 3.63) is 0 Å². The molecule has 0 unspecified atom stereocenters. The van der Waals surface area contributed by atoms with Gasteiger partial charge in [-0.15, -0.1) is 0 Å². The van der Waals surface area contributed by atoms with Crippen LogP contribution in [0.3, 0.4) is 0 Å². The van der Waals surface area contributed by atoms with Crippen LogP contribution in [0.1, 0.15) is 0 Å². The molecule has 0 rings (SSSR count). The van der Waals surface area contributed by atoms with E-state index in [1.165, 1.54) is 42.7 Å². The van der Waals surface area contributed by atoms with Gasteiger partial charge in [0.1, 0.15) is 0 Å². The maximum absolute atomic E-state index is 5.08. The van der Waals surface area contributed by atoms with Gasteiger partial charge < -0.3 is 0 Å². The molecule has 0 fully saturated rings. The van der Waals surface area contributed by atoms with Gasteiger partial charge >= 0.3 is 77.1 Å². The third-order valence-corrected chi connectivity index (χ3v) is 6.71. The van der Waals surface area contributed by atoms with Crippen molar-refractivity contribution in [1.29, 1.82) is 0 Å². The summed E-state index contributed by atoms with van der Waals surface area (Å²) in [6.45, 7) is 0. The van der Waals surface area contributed by atoms with E-state index < -0.39 is 7.31 Å². The van der Waals surface area contributed by atoms with Crippen LogP contribution in [-0.2, 0) is 27.1 Å². The van der Waals surface area contributed by atoms with Gasteiger partial charge in [0.2, 0.25) is 0 Å². The molecule has 0 atom stereocenters. The molecule has 0 aliphatic carbocycles. The molecule has 0 bridgehead atoms. The second-order valence-corrected chi connectivity index (χ2v) is 6.64. The molecule has 0 saturated carbocycles. The van der Waals surface area contributed by atoms with Crippen LogP contribution in [0.15, 0.2) is 0 Å². The normalized spacial score (nSPS) is 18.0. The average Bonchev–Trinajstić information content (AvgIpc) is 2.26. The van der Waals surface area contributed by atoms with E-state index in [0.717, 1.165) is 0 Å². The van der Waals surface area contributed by atoms with E-state index in [1.54, 1.807) is 0 Å². The van der Waals surface area contributed by atoms with Crippen molar-refractivity contribution in [1.82, 2.24) is 0 Å². The fourth-order valence-electron chi connectivity index (χ4n) is 1.12. The molecule has 0 aromatic heterocycles. The summed E-state index contributed by atoms with van der Waals surface area (Å²) in [6.07, 6.45) is 0. The Kier molecular flexibility index (Phi) is 3.45. The molecule has 0 amide bonds. The van der Waals surface area contributed by atoms with Gasteiger partial charge in [-0.3, -0.25) is 0 Å². The summed E-state index contributed by atoms with van der Waals surface area (Å²) in [7, 11) is 3.03. The molecule has 0 heterocycles. The second kappa shape index (κ2) is 3.40. The van der Waals surface area contributed by atoms with Gasteiger partial charge in [0.25, 0.3) is 0 Å². The zero-order valence-electron chi connectivity index (χ0n) is 8.90. The Balaban J connectivity index is 5.51. The summed E-state index contributed by atoms with van der Waals surface area (Å²) in [5, 5.41) is 0. The standard InChI is InChI=1S/C6H18O6P/c1-7-13(8-2,9-3,10-4,11-5)12-6/h1-6H3/q-1. The second-order valence-electron chi connectivity index (χ2n) is 2.21. The van der Waals surface area contributed by atoms with Gasteiger partial charge in [0.15, 0.2) is 0 Å². The maximum atomic E-state index is 5.08. The van der Waals surface area contributed by atoms with Crippen molar-refractivity contribution in [2.45, 2.75) is 0 Å². The molecule has 13 heavy (non-hydrogen) atoms. The number of hydrogen-bond acceptors (Lipinski definition) is 6. The summed E-state index contributed by atoms with van der Waals surface area (Å²) in [6, 6.07) is 0. The van der Waals surface area contributed by atoms with Gasteiger partial charge in [-0.1, -0.05) is 0 Å². The van der Waals surface area contributed by atoms with Crippen molar-refractivity contribution < 1.29 is 27.1 Å². The van der Waals surface area contributed by atoms with E-state index in [2.05, 4.69) is 0 Å². The summed E-state index contributed by atoms with van der Waals surface area (Å²) in [5.74, 6) is 0. The molecule has 7 heteroatoms. The Morgan fingerprint density at radius 2 is 0.615 bits per heavy atom. The minimum atomic E-state index is -4.88. The molecular weight excluding hydrogens is 199 g/mol. The van der Waals surface area contributed by atoms with Gasteiger partial charge in [-0.2, -0.15) is 0 Å². The molecule has 0 aromatic carbocycles. The molecule has 0 spiro atoms. The van der Waals surface area contributed by atoms with Gasteiger partial charge in [-0.25, -0.2) is 0 Å². The molecule has 0 aromatic rings. The van der Waals surface area contributed by atoms with Crippen molar-refractivity contribution in [2.24, 2.45) is 0 Å². The van der Waals surface area contributed by atoms with Crippen molar-refractivity contribution in [3.63, 3.8) is 0 Å². The predicted molar refractivity (Wildman–Crippen MR) is 49.0 cm³/mol. The Morgan fingerprint density at radius 3 is 0.615 bits per heavy atom. The van der Waals surface area contributed by atoms with Crippen LogP contribution in [0.5, 0.6) is 0 Å². The van der Waals surface area contributed by atoms with Gasteiger partial charge in [-0.05, 0) is 0 Å². The summed E-state index contributed by atoms with van der Waals surface area (Å²) in [5.41, 5.74) is 0. The fraction of sp³-hybridized carbons (Fsp3) is 1.00. The third-order valence-electron chi connectivity index (χ3n) is 2.24. The summed E-state index contributed by atoms with van der Waals surface area (Å²) >= 11 is 0. The predicted octanol–water partition coefficient (Wildman–Crippen LogP) is 1.44. The average molecular weight is 217 g/mol. The Labute approximate surface area is 78.0 Å². The third kappa shape index (κ3) is 1.39. The van der Waals surface area contributed by atoms with Crippen LogP contribution >= 0.6 is 7.31 Å². The zero-order valence-corrected chi connectivity index (χ0v) is 9.79. The SMILES string of the molecule is CO[P-](OC)(OC)(OC)(OC)OC. The first-order valence-electron chi connectivity index (χ1n) is 3.54. The molecule has 6 nitrogen and oxygen atoms in total. The fourth-order valence-corrected chi connectivity index (χ4v) is 3.35. The molecule has 84 valence electrons. The molecule has 0 radical (unpaired) electrons. The van der Waals surface area contributed by atoms with E-state index >= 15 is 0 Å². The van der Waals surface area contributed by atoms with Gasteiger partial charge in [0.05, 0.1) is 0 Å². The first-order chi connectivity index (χ1) is 5.97. The van der Waals surface area contributed by atoms with Crippen molar-refractivity contribution >= 4 is 7.31 Å². The van der Waals surface area contributed by atoms with Crippen LogP contribution in [0, 0.1) is 0 Å². The summed E-state index contributed by atoms with van der Waals surface area (Å²) < 4.78 is 30.5.